The number of carbonyl (C=O) groups excluding carboxylic acids is 1. The molecule has 0 aromatic heterocycles. The maximum Gasteiger partial charge on any atom is 0.240 e. The molecule has 20 heavy (non-hydrogen) atoms. The highest BCUT2D eigenvalue weighted by atomic mass is 16.2. The van der Waals surface area contributed by atoms with Crippen molar-refractivity contribution in [1.82, 2.24) is 15.5 Å². The summed E-state index contributed by atoms with van der Waals surface area (Å²) in [6.07, 6.45) is 0. The Balaban J connectivity index is 1.99. The summed E-state index contributed by atoms with van der Waals surface area (Å²) in [5, 5.41) is 6.45. The molecular formula is C16H25N3O. The fraction of sp³-hybridized carbons (Fsp3) is 0.562. The van der Waals surface area contributed by atoms with Crippen LogP contribution in [0.3, 0.4) is 0 Å². The monoisotopic (exact) mass is 275 g/mol. The van der Waals surface area contributed by atoms with Gasteiger partial charge in [0.1, 0.15) is 0 Å². The van der Waals surface area contributed by atoms with Gasteiger partial charge in [-0.25, -0.2) is 0 Å². The minimum atomic E-state index is -0.467. The number of carbonyl (C=O) groups is 1. The van der Waals surface area contributed by atoms with Gasteiger partial charge >= 0.3 is 0 Å². The number of rotatable bonds is 4. The Morgan fingerprint density at radius 3 is 2.45 bits per heavy atom. The zero-order chi connectivity index (χ0) is 14.6. The molecule has 0 aliphatic carbocycles. The summed E-state index contributed by atoms with van der Waals surface area (Å²) in [5.74, 6) is 0.0933. The second kappa shape index (κ2) is 6.37. The molecule has 1 heterocycles. The molecule has 110 valence electrons. The highest BCUT2D eigenvalue weighted by Gasteiger charge is 2.35. The summed E-state index contributed by atoms with van der Waals surface area (Å²) in [4.78, 5) is 14.8. The van der Waals surface area contributed by atoms with Gasteiger partial charge in [-0.05, 0) is 26.3 Å². The molecule has 0 spiro atoms. The third-order valence-corrected chi connectivity index (χ3v) is 4.11. The molecule has 0 bridgehead atoms. The van der Waals surface area contributed by atoms with Gasteiger partial charge in [0, 0.05) is 26.2 Å². The van der Waals surface area contributed by atoms with Crippen LogP contribution in [0.1, 0.15) is 32.4 Å². The molecule has 1 aliphatic rings. The third-order valence-electron chi connectivity index (χ3n) is 4.11. The number of piperazine rings is 1. The van der Waals surface area contributed by atoms with Crippen molar-refractivity contribution in [1.29, 1.82) is 0 Å². The van der Waals surface area contributed by atoms with Gasteiger partial charge in [0.2, 0.25) is 5.91 Å². The van der Waals surface area contributed by atoms with Crippen LogP contribution in [-0.4, -0.2) is 42.5 Å². The molecule has 1 saturated heterocycles. The van der Waals surface area contributed by atoms with Crippen molar-refractivity contribution in [3.8, 4) is 0 Å². The molecule has 4 heteroatoms. The number of amides is 1. The first kappa shape index (κ1) is 15.0. The normalized spacial score (nSPS) is 18.6. The zero-order valence-corrected chi connectivity index (χ0v) is 12.6. The van der Waals surface area contributed by atoms with Gasteiger partial charge in [0.05, 0.1) is 11.6 Å². The number of nitrogens with zero attached hydrogens (tertiary/aromatic N) is 1. The van der Waals surface area contributed by atoms with Gasteiger partial charge in [-0.15, -0.1) is 0 Å². The van der Waals surface area contributed by atoms with Crippen molar-refractivity contribution in [3.05, 3.63) is 35.9 Å². The fourth-order valence-electron chi connectivity index (χ4n) is 2.57. The van der Waals surface area contributed by atoms with Gasteiger partial charge in [-0.3, -0.25) is 9.69 Å². The van der Waals surface area contributed by atoms with Crippen LogP contribution >= 0.6 is 0 Å². The Bertz CT molecular complexity index is 438. The molecule has 0 radical (unpaired) electrons. The first-order valence-corrected chi connectivity index (χ1v) is 7.33. The first-order valence-electron chi connectivity index (χ1n) is 7.33. The molecular weight excluding hydrogens is 250 g/mol. The number of nitrogens with one attached hydrogen (secondary N) is 2. The van der Waals surface area contributed by atoms with Crippen molar-refractivity contribution in [2.45, 2.75) is 32.4 Å². The molecule has 0 saturated carbocycles. The van der Waals surface area contributed by atoms with Crippen LogP contribution in [0.5, 0.6) is 0 Å². The number of hydrogen-bond acceptors (Lipinski definition) is 3. The van der Waals surface area contributed by atoms with Gasteiger partial charge in [0.25, 0.3) is 0 Å². The van der Waals surface area contributed by atoms with E-state index in [0.717, 1.165) is 31.7 Å². The lowest BCUT2D eigenvalue weighted by atomic mass is 9.99. The Hall–Kier alpha value is -1.39. The Morgan fingerprint density at radius 1 is 1.25 bits per heavy atom. The third kappa shape index (κ3) is 3.38. The van der Waals surface area contributed by atoms with Crippen molar-refractivity contribution in [2.24, 2.45) is 0 Å². The summed E-state index contributed by atoms with van der Waals surface area (Å²) < 4.78 is 0. The lowest BCUT2D eigenvalue weighted by Crippen LogP contribution is -2.60. The predicted octanol–water partition coefficient (Wildman–Crippen LogP) is 1.55. The maximum atomic E-state index is 12.6. The SMILES string of the molecule is C[C@H](NC(=O)C(C)(C)N1CCNCC1)c1ccccc1. The molecule has 1 aromatic rings. The Morgan fingerprint density at radius 2 is 1.85 bits per heavy atom. The van der Waals surface area contributed by atoms with E-state index in [1.807, 2.05) is 51.1 Å². The lowest BCUT2D eigenvalue weighted by molar-refractivity contribution is -0.132. The van der Waals surface area contributed by atoms with E-state index in [4.69, 9.17) is 0 Å². The van der Waals surface area contributed by atoms with Gasteiger partial charge in [0.15, 0.2) is 0 Å². The zero-order valence-electron chi connectivity index (χ0n) is 12.6. The van der Waals surface area contributed by atoms with Crippen molar-refractivity contribution in [2.75, 3.05) is 26.2 Å². The summed E-state index contributed by atoms with van der Waals surface area (Å²) in [7, 11) is 0. The topological polar surface area (TPSA) is 44.4 Å². The van der Waals surface area contributed by atoms with Crippen LogP contribution in [0.2, 0.25) is 0 Å². The lowest BCUT2D eigenvalue weighted by Gasteiger charge is -2.40. The predicted molar refractivity (Wildman–Crippen MR) is 81.5 cm³/mol. The van der Waals surface area contributed by atoms with Crippen LogP contribution in [0, 0.1) is 0 Å². The van der Waals surface area contributed by atoms with E-state index in [9.17, 15) is 4.79 Å². The van der Waals surface area contributed by atoms with E-state index in [0.29, 0.717) is 0 Å². The molecule has 2 N–H and O–H groups in total. The second-order valence-corrected chi connectivity index (χ2v) is 5.90. The second-order valence-electron chi connectivity index (χ2n) is 5.90. The minimum absolute atomic E-state index is 0.0332. The quantitative estimate of drug-likeness (QED) is 0.876. The van der Waals surface area contributed by atoms with Crippen LogP contribution < -0.4 is 10.6 Å². The molecule has 2 rings (SSSR count). The molecule has 1 aliphatic heterocycles. The van der Waals surface area contributed by atoms with Gasteiger partial charge < -0.3 is 10.6 Å². The van der Waals surface area contributed by atoms with E-state index in [-0.39, 0.29) is 11.9 Å². The number of hydrogen-bond donors (Lipinski definition) is 2. The van der Waals surface area contributed by atoms with Crippen LogP contribution in [0.4, 0.5) is 0 Å². The molecule has 1 aromatic carbocycles. The van der Waals surface area contributed by atoms with E-state index in [2.05, 4.69) is 15.5 Å². The first-order chi connectivity index (χ1) is 9.51. The maximum absolute atomic E-state index is 12.6. The standard InChI is InChI=1S/C16H25N3O/c1-13(14-7-5-4-6-8-14)18-15(20)16(2,3)19-11-9-17-10-12-19/h4-8,13,17H,9-12H2,1-3H3,(H,18,20)/t13-/m0/s1. The van der Waals surface area contributed by atoms with Crippen molar-refractivity contribution < 1.29 is 4.79 Å². The molecule has 1 amide bonds. The number of benzene rings is 1. The van der Waals surface area contributed by atoms with Crippen LogP contribution in [-0.2, 0) is 4.79 Å². The molecule has 1 fully saturated rings. The molecule has 1 atom stereocenters. The smallest absolute Gasteiger partial charge is 0.240 e. The van der Waals surface area contributed by atoms with Crippen molar-refractivity contribution in [3.63, 3.8) is 0 Å². The molecule has 4 nitrogen and oxygen atoms in total. The van der Waals surface area contributed by atoms with E-state index in [1.54, 1.807) is 0 Å². The van der Waals surface area contributed by atoms with E-state index in [1.165, 1.54) is 0 Å². The minimum Gasteiger partial charge on any atom is -0.348 e. The average Bonchev–Trinajstić information content (AvgIpc) is 2.49. The van der Waals surface area contributed by atoms with Gasteiger partial charge in [-0.1, -0.05) is 30.3 Å². The highest BCUT2D eigenvalue weighted by molar-refractivity contribution is 5.85. The highest BCUT2D eigenvalue weighted by Crippen LogP contribution is 2.18. The van der Waals surface area contributed by atoms with E-state index < -0.39 is 5.54 Å². The van der Waals surface area contributed by atoms with Crippen LogP contribution in [0.15, 0.2) is 30.3 Å². The van der Waals surface area contributed by atoms with Crippen molar-refractivity contribution >= 4 is 5.91 Å². The summed E-state index contributed by atoms with van der Waals surface area (Å²) in [5.41, 5.74) is 0.669. The molecule has 0 unspecified atom stereocenters. The van der Waals surface area contributed by atoms with E-state index >= 15 is 0 Å². The summed E-state index contributed by atoms with van der Waals surface area (Å²) in [6.45, 7) is 9.77. The fourth-order valence-corrected chi connectivity index (χ4v) is 2.57. The summed E-state index contributed by atoms with van der Waals surface area (Å²) >= 11 is 0. The summed E-state index contributed by atoms with van der Waals surface area (Å²) in [6, 6.07) is 10.1. The largest absolute Gasteiger partial charge is 0.348 e. The average molecular weight is 275 g/mol. The van der Waals surface area contributed by atoms with Crippen LogP contribution in [0.25, 0.3) is 0 Å². The Kier molecular flexibility index (Phi) is 4.78. The van der Waals surface area contributed by atoms with Gasteiger partial charge in [-0.2, -0.15) is 0 Å². The Labute approximate surface area is 121 Å².